The minimum absolute atomic E-state index is 0.0362. The minimum atomic E-state index is -5.01. The van der Waals surface area contributed by atoms with E-state index in [0.717, 1.165) is 0 Å². The van der Waals surface area contributed by atoms with Crippen LogP contribution in [0.15, 0.2) is 42.5 Å². The van der Waals surface area contributed by atoms with Crippen LogP contribution >= 0.6 is 0 Å². The number of benzene rings is 2. The van der Waals surface area contributed by atoms with Crippen molar-refractivity contribution >= 4 is 17.7 Å². The first-order valence-corrected chi connectivity index (χ1v) is 13.7. The van der Waals surface area contributed by atoms with E-state index in [-0.39, 0.29) is 43.7 Å². The van der Waals surface area contributed by atoms with Gasteiger partial charge in [-0.15, -0.1) is 0 Å². The van der Waals surface area contributed by atoms with Crippen molar-refractivity contribution in [1.82, 2.24) is 16.1 Å². The van der Waals surface area contributed by atoms with Gasteiger partial charge in [-0.1, -0.05) is 12.1 Å². The Morgan fingerprint density at radius 3 is 2.16 bits per heavy atom. The molecule has 0 unspecified atom stereocenters. The van der Waals surface area contributed by atoms with Crippen molar-refractivity contribution in [2.75, 3.05) is 13.7 Å². The van der Waals surface area contributed by atoms with Gasteiger partial charge < -0.3 is 15.4 Å². The number of halogens is 6. The first-order chi connectivity index (χ1) is 20.2. The molecule has 2 aromatic rings. The van der Waals surface area contributed by atoms with Gasteiger partial charge in [0, 0.05) is 19.4 Å². The maximum absolute atomic E-state index is 13.6. The van der Waals surface area contributed by atoms with E-state index in [4.69, 9.17) is 4.74 Å². The molecule has 0 spiro atoms. The van der Waals surface area contributed by atoms with E-state index >= 15 is 0 Å². The molecule has 0 radical (unpaired) electrons. The summed E-state index contributed by atoms with van der Waals surface area (Å²) in [4.78, 5) is 39.0. The summed E-state index contributed by atoms with van der Waals surface area (Å²) < 4.78 is 85.6. The monoisotopic (exact) mass is 617 g/mol. The zero-order chi connectivity index (χ0) is 31.8. The highest BCUT2D eigenvalue weighted by molar-refractivity contribution is 5.91. The molecule has 2 heterocycles. The van der Waals surface area contributed by atoms with Crippen molar-refractivity contribution < 1.29 is 50.7 Å². The van der Waals surface area contributed by atoms with E-state index in [1.54, 1.807) is 29.7 Å². The molecule has 3 amide bonds. The largest absolute Gasteiger partial charge is 0.494 e. The molecular formula is C29H33F6N3O5. The van der Waals surface area contributed by atoms with E-state index in [2.05, 4.69) is 10.6 Å². The van der Waals surface area contributed by atoms with E-state index in [1.807, 2.05) is 0 Å². The van der Waals surface area contributed by atoms with Gasteiger partial charge in [0.2, 0.25) is 17.7 Å². The van der Waals surface area contributed by atoms with Gasteiger partial charge in [0.1, 0.15) is 11.8 Å². The summed E-state index contributed by atoms with van der Waals surface area (Å²) in [5.41, 5.74) is -0.907. The molecule has 2 aliphatic rings. The highest BCUT2D eigenvalue weighted by Crippen LogP contribution is 2.37. The number of likely N-dealkylation sites (N-methyl/N-ethyl adjacent to an activating group) is 1. The van der Waals surface area contributed by atoms with Crippen LogP contribution in [0.2, 0.25) is 0 Å². The molecule has 0 aromatic heterocycles. The zero-order valence-corrected chi connectivity index (χ0v) is 23.3. The molecular weight excluding hydrogens is 584 g/mol. The maximum Gasteiger partial charge on any atom is 0.416 e. The Morgan fingerprint density at radius 2 is 1.60 bits per heavy atom. The summed E-state index contributed by atoms with van der Waals surface area (Å²) >= 11 is 0. The lowest BCUT2D eigenvalue weighted by Crippen LogP contribution is -2.51. The summed E-state index contributed by atoms with van der Waals surface area (Å²) in [7, 11) is 1.38. The smallest absolute Gasteiger partial charge is 0.416 e. The lowest BCUT2D eigenvalue weighted by atomic mass is 9.82. The molecule has 0 fully saturated rings. The molecule has 0 saturated carbocycles. The first-order valence-electron chi connectivity index (χ1n) is 13.7. The number of carbonyl (C=O) groups excluding carboxylic acids is 3. The quantitative estimate of drug-likeness (QED) is 0.211. The molecule has 0 saturated heterocycles. The predicted molar refractivity (Wildman–Crippen MR) is 142 cm³/mol. The number of hydrogen-bond acceptors (Lipinski definition) is 5. The lowest BCUT2D eigenvalue weighted by Gasteiger charge is -2.27. The average molecular weight is 618 g/mol. The summed E-state index contributed by atoms with van der Waals surface area (Å²) in [6.45, 7) is 0.293. The molecule has 4 rings (SSSR count). The third-order valence-electron chi connectivity index (χ3n) is 7.32. The number of hydroxylamine groups is 1. The second kappa shape index (κ2) is 14.6. The second-order valence-corrected chi connectivity index (χ2v) is 10.4. The van der Waals surface area contributed by atoms with Crippen LogP contribution in [0.25, 0.3) is 0 Å². The Balaban J connectivity index is 1.90. The number of aryl methyl sites for hydroxylation is 1. The van der Waals surface area contributed by atoms with Crippen LogP contribution in [0, 0.1) is 11.8 Å². The summed E-state index contributed by atoms with van der Waals surface area (Å²) in [5.74, 6) is -3.81. The highest BCUT2D eigenvalue weighted by atomic mass is 19.4. The van der Waals surface area contributed by atoms with Crippen LogP contribution in [-0.2, 0) is 39.6 Å². The Morgan fingerprint density at radius 1 is 0.977 bits per heavy atom. The maximum atomic E-state index is 13.6. The van der Waals surface area contributed by atoms with Crippen LogP contribution in [0.1, 0.15) is 54.4 Å². The van der Waals surface area contributed by atoms with Crippen LogP contribution in [-0.4, -0.2) is 42.6 Å². The Kier molecular flexibility index (Phi) is 11.4. The first kappa shape index (κ1) is 33.7. The number of ether oxygens (including phenoxy) is 1. The molecule has 43 heavy (non-hydrogen) atoms. The number of amides is 3. The van der Waals surface area contributed by atoms with Gasteiger partial charge in [-0.25, -0.2) is 5.48 Å². The Bertz CT molecular complexity index is 1230. The molecule has 3 atom stereocenters. The van der Waals surface area contributed by atoms with Gasteiger partial charge in [0.15, 0.2) is 0 Å². The van der Waals surface area contributed by atoms with E-state index in [0.29, 0.717) is 42.9 Å². The molecule has 14 heteroatoms. The van der Waals surface area contributed by atoms with Gasteiger partial charge >= 0.3 is 12.4 Å². The van der Waals surface area contributed by atoms with Crippen LogP contribution in [0.5, 0.6) is 5.75 Å². The number of alkyl halides is 6. The number of rotatable bonds is 6. The summed E-state index contributed by atoms with van der Waals surface area (Å²) in [6.07, 6.45) is -9.42. The second-order valence-electron chi connectivity index (χ2n) is 10.4. The summed E-state index contributed by atoms with van der Waals surface area (Å²) in [6, 6.07) is 7.14. The molecule has 2 bridgehead atoms. The molecule has 0 aliphatic carbocycles. The molecule has 236 valence electrons. The highest BCUT2D eigenvalue weighted by Gasteiger charge is 2.38. The van der Waals surface area contributed by atoms with Gasteiger partial charge in [-0.3, -0.25) is 19.6 Å². The number of hydrogen-bond donors (Lipinski definition) is 4. The Hall–Kier alpha value is -3.81. The van der Waals surface area contributed by atoms with Crippen molar-refractivity contribution in [3.8, 4) is 5.75 Å². The van der Waals surface area contributed by atoms with E-state index in [1.165, 1.54) is 7.05 Å². The van der Waals surface area contributed by atoms with Crippen molar-refractivity contribution in [1.29, 1.82) is 0 Å². The van der Waals surface area contributed by atoms with Crippen molar-refractivity contribution in [3.63, 3.8) is 0 Å². The normalized spacial score (nSPS) is 20.3. The van der Waals surface area contributed by atoms with Crippen LogP contribution < -0.4 is 20.9 Å². The SMILES string of the molecule is CNC(=O)[C@H]1Cc2ccc(cc2)OCCCC[C@@H](C(=O)NO)[C@@H](CCCc2cc(C(F)(F)F)cc(C(F)(F)F)c2)C(=O)N1. The van der Waals surface area contributed by atoms with Gasteiger partial charge in [0.05, 0.1) is 23.7 Å². The fourth-order valence-electron chi connectivity index (χ4n) is 5.08. The van der Waals surface area contributed by atoms with Gasteiger partial charge in [0.25, 0.3) is 0 Å². The number of fused-ring (bicyclic) bond motifs is 12. The molecule has 8 nitrogen and oxygen atoms in total. The van der Waals surface area contributed by atoms with Crippen molar-refractivity contribution in [2.45, 2.75) is 63.3 Å². The van der Waals surface area contributed by atoms with Crippen molar-refractivity contribution in [2.24, 2.45) is 11.8 Å². The topological polar surface area (TPSA) is 117 Å². The lowest BCUT2D eigenvalue weighted by molar-refractivity contribution is -0.143. The number of nitrogens with one attached hydrogen (secondary N) is 3. The fraction of sp³-hybridized carbons (Fsp3) is 0.483. The standard InChI is InChI=1S/C29H33F6N3O5/c1-36-27(41)24-15-17-8-10-21(11-9-17)43-12-3-2-6-23(26(40)38-42)22(25(39)37-24)7-4-5-18-13-19(28(30,31)32)16-20(14-18)29(33,34)35/h8-11,13-14,16,22-24,42H,2-7,12,15H2,1H3,(H,36,41)(H,37,39)(H,38,40)/t22-,23-,24-/m1/s1. The molecule has 2 aliphatic heterocycles. The van der Waals surface area contributed by atoms with Gasteiger partial charge in [-0.2, -0.15) is 26.3 Å². The Labute approximate surface area is 244 Å². The third-order valence-corrected chi connectivity index (χ3v) is 7.32. The van der Waals surface area contributed by atoms with Crippen molar-refractivity contribution in [3.05, 3.63) is 64.7 Å². The van der Waals surface area contributed by atoms with Crippen LogP contribution in [0.3, 0.4) is 0 Å². The third kappa shape index (κ3) is 9.60. The minimum Gasteiger partial charge on any atom is -0.494 e. The molecule has 4 N–H and O–H groups in total. The number of carbonyl (C=O) groups is 3. The zero-order valence-electron chi connectivity index (χ0n) is 23.3. The fourth-order valence-corrected chi connectivity index (χ4v) is 5.08. The average Bonchev–Trinajstić information content (AvgIpc) is 2.96. The predicted octanol–water partition coefficient (Wildman–Crippen LogP) is 4.82. The van der Waals surface area contributed by atoms with E-state index in [9.17, 15) is 45.9 Å². The molecule has 2 aromatic carbocycles. The summed E-state index contributed by atoms with van der Waals surface area (Å²) in [5, 5.41) is 14.5. The van der Waals surface area contributed by atoms with Gasteiger partial charge in [-0.05, 0) is 80.0 Å². The van der Waals surface area contributed by atoms with Crippen LogP contribution in [0.4, 0.5) is 26.3 Å². The van der Waals surface area contributed by atoms with E-state index < -0.39 is 59.1 Å².